The molecule has 3 amide bonds. The number of aryl methyl sites for hydroxylation is 1. The molecule has 1 aliphatic heterocycles. The lowest BCUT2D eigenvalue weighted by molar-refractivity contribution is -0.154. The number of imide groups is 1. The Morgan fingerprint density at radius 2 is 1.92 bits per heavy atom. The maximum absolute atomic E-state index is 12.4. The highest BCUT2D eigenvalue weighted by Gasteiger charge is 2.43. The number of rotatable bonds is 4. The van der Waals surface area contributed by atoms with Crippen LogP contribution in [0.4, 0.5) is 5.82 Å². The Bertz CT molecular complexity index is 626. The lowest BCUT2D eigenvalue weighted by Gasteiger charge is -2.42. The SMILES string of the molecule is Cc1cc(NC(=O)CCN2C(=O)CC3(CCCCC3)CC2=O)no1. The van der Waals surface area contributed by atoms with Crippen LogP contribution in [-0.2, 0) is 14.4 Å². The minimum absolute atomic E-state index is 0.0659. The molecule has 24 heavy (non-hydrogen) atoms. The van der Waals surface area contributed by atoms with Gasteiger partial charge in [0.15, 0.2) is 5.82 Å². The molecule has 0 unspecified atom stereocenters. The highest BCUT2D eigenvalue weighted by molar-refractivity contribution is 5.99. The zero-order chi connectivity index (χ0) is 17.2. The molecule has 2 fully saturated rings. The molecule has 0 bridgehead atoms. The van der Waals surface area contributed by atoms with Crippen LogP contribution >= 0.6 is 0 Å². The molecule has 7 nitrogen and oxygen atoms in total. The predicted molar refractivity (Wildman–Crippen MR) is 86.0 cm³/mol. The number of nitrogens with zero attached hydrogens (tertiary/aromatic N) is 2. The molecule has 2 aliphatic rings. The van der Waals surface area contributed by atoms with Gasteiger partial charge in [-0.15, -0.1) is 0 Å². The van der Waals surface area contributed by atoms with E-state index < -0.39 is 0 Å². The van der Waals surface area contributed by atoms with Crippen molar-refractivity contribution in [2.24, 2.45) is 5.41 Å². The molecule has 0 atom stereocenters. The zero-order valence-electron chi connectivity index (χ0n) is 14.0. The Kier molecular flexibility index (Phi) is 4.69. The fourth-order valence-corrected chi connectivity index (χ4v) is 3.78. The highest BCUT2D eigenvalue weighted by atomic mass is 16.5. The molecule has 1 aromatic rings. The quantitative estimate of drug-likeness (QED) is 0.854. The van der Waals surface area contributed by atoms with Crippen molar-refractivity contribution in [3.05, 3.63) is 11.8 Å². The molecule has 1 aromatic heterocycles. The number of amides is 3. The standard InChI is InChI=1S/C17H23N3O4/c1-12-9-13(19-24-12)18-14(21)5-8-20-15(22)10-17(11-16(20)23)6-3-2-4-7-17/h9H,2-8,10-11H2,1H3,(H,18,19,21). The van der Waals surface area contributed by atoms with Crippen LogP contribution in [-0.4, -0.2) is 34.3 Å². The van der Waals surface area contributed by atoms with Crippen molar-refractivity contribution in [1.29, 1.82) is 0 Å². The zero-order valence-corrected chi connectivity index (χ0v) is 14.0. The lowest BCUT2D eigenvalue weighted by Crippen LogP contribution is -2.49. The van der Waals surface area contributed by atoms with E-state index in [0.717, 1.165) is 25.7 Å². The molecule has 0 radical (unpaired) electrons. The normalized spacial score (nSPS) is 20.5. The number of aromatic nitrogens is 1. The van der Waals surface area contributed by atoms with Gasteiger partial charge in [0.25, 0.3) is 0 Å². The van der Waals surface area contributed by atoms with Gasteiger partial charge in [0.2, 0.25) is 17.7 Å². The molecular formula is C17H23N3O4. The van der Waals surface area contributed by atoms with E-state index >= 15 is 0 Å². The maximum atomic E-state index is 12.4. The fourth-order valence-electron chi connectivity index (χ4n) is 3.78. The van der Waals surface area contributed by atoms with Gasteiger partial charge in [-0.3, -0.25) is 19.3 Å². The van der Waals surface area contributed by atoms with Gasteiger partial charge in [0, 0.05) is 31.9 Å². The van der Waals surface area contributed by atoms with E-state index in [9.17, 15) is 14.4 Å². The van der Waals surface area contributed by atoms with Crippen molar-refractivity contribution < 1.29 is 18.9 Å². The largest absolute Gasteiger partial charge is 0.360 e. The van der Waals surface area contributed by atoms with Crippen LogP contribution in [0.15, 0.2) is 10.6 Å². The van der Waals surface area contributed by atoms with E-state index in [4.69, 9.17) is 4.52 Å². The van der Waals surface area contributed by atoms with Crippen LogP contribution in [0.1, 0.15) is 57.1 Å². The van der Waals surface area contributed by atoms with Crippen molar-refractivity contribution in [1.82, 2.24) is 10.1 Å². The average Bonchev–Trinajstić information content (AvgIpc) is 2.92. The second-order valence-corrected chi connectivity index (χ2v) is 6.97. The van der Waals surface area contributed by atoms with Crippen molar-refractivity contribution in [3.63, 3.8) is 0 Å². The van der Waals surface area contributed by atoms with Gasteiger partial charge in [0.1, 0.15) is 5.76 Å². The molecule has 3 rings (SSSR count). The summed E-state index contributed by atoms with van der Waals surface area (Å²) >= 11 is 0. The first kappa shape index (κ1) is 16.7. The molecule has 0 aromatic carbocycles. The number of hydrogen-bond acceptors (Lipinski definition) is 5. The third kappa shape index (κ3) is 3.66. The summed E-state index contributed by atoms with van der Waals surface area (Å²) in [5.74, 6) is 0.373. The van der Waals surface area contributed by atoms with Crippen molar-refractivity contribution >= 4 is 23.5 Å². The molecule has 1 N–H and O–H groups in total. The number of piperidine rings is 1. The average molecular weight is 333 g/mol. The molecular weight excluding hydrogens is 310 g/mol. The predicted octanol–water partition coefficient (Wildman–Crippen LogP) is 2.41. The molecule has 7 heteroatoms. The van der Waals surface area contributed by atoms with Crippen molar-refractivity contribution in [2.45, 2.75) is 58.3 Å². The second-order valence-electron chi connectivity index (χ2n) is 6.97. The molecule has 1 saturated carbocycles. The summed E-state index contributed by atoms with van der Waals surface area (Å²) in [5.41, 5.74) is -0.122. The Morgan fingerprint density at radius 1 is 1.25 bits per heavy atom. The van der Waals surface area contributed by atoms with Crippen LogP contribution < -0.4 is 5.32 Å². The first-order chi connectivity index (χ1) is 11.5. The number of nitrogens with one attached hydrogen (secondary N) is 1. The monoisotopic (exact) mass is 333 g/mol. The summed E-state index contributed by atoms with van der Waals surface area (Å²) in [4.78, 5) is 38.0. The minimum atomic E-state index is -0.290. The highest BCUT2D eigenvalue weighted by Crippen LogP contribution is 2.45. The van der Waals surface area contributed by atoms with Gasteiger partial charge in [-0.25, -0.2) is 0 Å². The summed E-state index contributed by atoms with van der Waals surface area (Å²) in [5, 5.41) is 6.28. The smallest absolute Gasteiger partial charge is 0.229 e. The van der Waals surface area contributed by atoms with Crippen LogP contribution in [0.25, 0.3) is 0 Å². The van der Waals surface area contributed by atoms with Crippen LogP contribution in [0.3, 0.4) is 0 Å². The molecule has 1 saturated heterocycles. The van der Waals surface area contributed by atoms with Crippen molar-refractivity contribution in [2.75, 3.05) is 11.9 Å². The summed E-state index contributed by atoms with van der Waals surface area (Å²) < 4.78 is 4.87. The van der Waals surface area contributed by atoms with Gasteiger partial charge < -0.3 is 9.84 Å². The van der Waals surface area contributed by atoms with Crippen LogP contribution in [0.2, 0.25) is 0 Å². The number of carbonyl (C=O) groups excluding carboxylic acids is 3. The van der Waals surface area contributed by atoms with E-state index in [1.54, 1.807) is 13.0 Å². The van der Waals surface area contributed by atoms with Crippen LogP contribution in [0, 0.1) is 12.3 Å². The van der Waals surface area contributed by atoms with Crippen LogP contribution in [0.5, 0.6) is 0 Å². The van der Waals surface area contributed by atoms with Crippen molar-refractivity contribution in [3.8, 4) is 0 Å². The third-order valence-electron chi connectivity index (χ3n) is 5.03. The Balaban J connectivity index is 1.53. The van der Waals surface area contributed by atoms with Gasteiger partial charge in [0.05, 0.1) is 0 Å². The molecule has 2 heterocycles. The van der Waals surface area contributed by atoms with E-state index in [-0.39, 0.29) is 36.1 Å². The van der Waals surface area contributed by atoms with E-state index in [1.165, 1.54) is 11.3 Å². The molecule has 1 aliphatic carbocycles. The Morgan fingerprint density at radius 3 is 2.50 bits per heavy atom. The topological polar surface area (TPSA) is 92.5 Å². The minimum Gasteiger partial charge on any atom is -0.360 e. The Labute approximate surface area is 140 Å². The van der Waals surface area contributed by atoms with E-state index in [2.05, 4.69) is 10.5 Å². The molecule has 130 valence electrons. The van der Waals surface area contributed by atoms with Gasteiger partial charge in [-0.05, 0) is 25.2 Å². The summed E-state index contributed by atoms with van der Waals surface area (Å²) in [7, 11) is 0. The summed E-state index contributed by atoms with van der Waals surface area (Å²) in [6.45, 7) is 1.85. The fraction of sp³-hybridized carbons (Fsp3) is 0.647. The van der Waals surface area contributed by atoms with E-state index in [0.29, 0.717) is 24.4 Å². The summed E-state index contributed by atoms with van der Waals surface area (Å²) in [6.07, 6.45) is 6.24. The van der Waals surface area contributed by atoms with E-state index in [1.807, 2.05) is 0 Å². The first-order valence-corrected chi connectivity index (χ1v) is 8.54. The second kappa shape index (κ2) is 6.75. The maximum Gasteiger partial charge on any atom is 0.229 e. The number of hydrogen-bond donors (Lipinski definition) is 1. The molecule has 1 spiro atoms. The van der Waals surface area contributed by atoms with Gasteiger partial charge >= 0.3 is 0 Å². The first-order valence-electron chi connectivity index (χ1n) is 8.54. The Hall–Kier alpha value is -2.18. The number of carbonyl (C=O) groups is 3. The number of anilines is 1. The number of likely N-dealkylation sites (tertiary alicyclic amines) is 1. The summed E-state index contributed by atoms with van der Waals surface area (Å²) in [6, 6.07) is 1.61. The van der Waals surface area contributed by atoms with Gasteiger partial charge in [-0.2, -0.15) is 0 Å². The lowest BCUT2D eigenvalue weighted by atomic mass is 9.67. The van der Waals surface area contributed by atoms with Gasteiger partial charge in [-0.1, -0.05) is 24.4 Å². The third-order valence-corrected chi connectivity index (χ3v) is 5.03.